The number of carbonyl (C=O) groups excluding carboxylic acids is 2. The zero-order valence-electron chi connectivity index (χ0n) is 16.7. The Bertz CT molecular complexity index is 857. The maximum absolute atomic E-state index is 12.9. The lowest BCUT2D eigenvalue weighted by molar-refractivity contribution is -0.136. The smallest absolute Gasteiger partial charge is 0.253 e. The first-order valence-corrected chi connectivity index (χ1v) is 10.2. The normalized spacial score (nSPS) is 17.9. The number of carbonyl (C=O) groups is 2. The van der Waals surface area contributed by atoms with Crippen molar-refractivity contribution in [1.82, 2.24) is 19.6 Å². The van der Waals surface area contributed by atoms with E-state index < -0.39 is 0 Å². The molecule has 2 amide bonds. The second-order valence-electron chi connectivity index (χ2n) is 7.98. The fourth-order valence-corrected chi connectivity index (χ4v) is 4.38. The molecule has 1 aromatic carbocycles. The van der Waals surface area contributed by atoms with Crippen molar-refractivity contribution in [3.8, 4) is 5.69 Å². The summed E-state index contributed by atoms with van der Waals surface area (Å²) in [6, 6.07) is 9.64. The highest BCUT2D eigenvalue weighted by atomic mass is 16.2. The van der Waals surface area contributed by atoms with Crippen LogP contribution in [0.2, 0.25) is 0 Å². The molecule has 2 aliphatic rings. The van der Waals surface area contributed by atoms with E-state index in [-0.39, 0.29) is 11.8 Å². The van der Waals surface area contributed by atoms with E-state index >= 15 is 0 Å². The minimum Gasteiger partial charge on any atom is -0.339 e. The van der Waals surface area contributed by atoms with Gasteiger partial charge in [-0.15, -0.1) is 0 Å². The van der Waals surface area contributed by atoms with E-state index in [0.29, 0.717) is 37.6 Å². The maximum atomic E-state index is 12.9. The monoisotopic (exact) mass is 380 g/mol. The summed E-state index contributed by atoms with van der Waals surface area (Å²) in [6.07, 6.45) is 4.39. The Kier molecular flexibility index (Phi) is 5.20. The van der Waals surface area contributed by atoms with Crippen LogP contribution in [0.5, 0.6) is 0 Å². The predicted octanol–water partition coefficient (Wildman–Crippen LogP) is 2.96. The Morgan fingerprint density at radius 1 is 0.929 bits per heavy atom. The molecule has 1 aliphatic carbocycles. The topological polar surface area (TPSA) is 58.4 Å². The Morgan fingerprint density at radius 3 is 2.11 bits per heavy atom. The van der Waals surface area contributed by atoms with E-state index in [0.717, 1.165) is 29.9 Å². The van der Waals surface area contributed by atoms with Gasteiger partial charge in [0.2, 0.25) is 5.91 Å². The summed E-state index contributed by atoms with van der Waals surface area (Å²) in [5, 5.41) is 4.49. The zero-order valence-corrected chi connectivity index (χ0v) is 16.7. The lowest BCUT2D eigenvalue weighted by atomic mass is 10.1. The van der Waals surface area contributed by atoms with Crippen molar-refractivity contribution >= 4 is 11.8 Å². The van der Waals surface area contributed by atoms with Gasteiger partial charge in [0.05, 0.1) is 11.4 Å². The van der Waals surface area contributed by atoms with Crippen molar-refractivity contribution in [3.05, 3.63) is 47.3 Å². The number of rotatable bonds is 3. The summed E-state index contributed by atoms with van der Waals surface area (Å²) in [6.45, 7) is 6.49. The summed E-state index contributed by atoms with van der Waals surface area (Å²) in [5.74, 6) is 0.538. The Morgan fingerprint density at radius 2 is 1.54 bits per heavy atom. The molecular weight excluding hydrogens is 352 g/mol. The summed E-state index contributed by atoms with van der Waals surface area (Å²) >= 11 is 0. The number of piperazine rings is 1. The van der Waals surface area contributed by atoms with Gasteiger partial charge in [0.15, 0.2) is 0 Å². The first-order chi connectivity index (χ1) is 13.5. The molecule has 0 radical (unpaired) electrons. The molecular formula is C22H28N4O2. The minimum absolute atomic E-state index is 0.0351. The number of hydrogen-bond acceptors (Lipinski definition) is 3. The molecule has 0 atom stereocenters. The first kappa shape index (κ1) is 18.7. The van der Waals surface area contributed by atoms with E-state index in [1.165, 1.54) is 12.8 Å². The van der Waals surface area contributed by atoms with Gasteiger partial charge in [0, 0.05) is 43.4 Å². The number of aromatic nitrogens is 2. The van der Waals surface area contributed by atoms with Gasteiger partial charge in [-0.1, -0.05) is 12.8 Å². The summed E-state index contributed by atoms with van der Waals surface area (Å²) in [7, 11) is 0. The van der Waals surface area contributed by atoms with Crippen LogP contribution in [0.3, 0.4) is 0 Å². The molecule has 1 saturated heterocycles. The molecule has 148 valence electrons. The fraction of sp³-hybridized carbons (Fsp3) is 0.500. The standard InChI is InChI=1S/C22H28N4O2/c1-16-15-17(2)26(23-16)20-9-7-19(8-10-20)22(28)25-13-11-24(12-14-25)21(27)18-5-3-4-6-18/h7-10,15,18H,3-6,11-14H2,1-2H3. The van der Waals surface area contributed by atoms with Gasteiger partial charge in [-0.25, -0.2) is 4.68 Å². The molecule has 1 aliphatic heterocycles. The largest absolute Gasteiger partial charge is 0.339 e. The summed E-state index contributed by atoms with van der Waals surface area (Å²) < 4.78 is 1.89. The third-order valence-corrected chi connectivity index (χ3v) is 5.95. The van der Waals surface area contributed by atoms with Crippen molar-refractivity contribution in [2.24, 2.45) is 5.92 Å². The molecule has 0 N–H and O–H groups in total. The Balaban J connectivity index is 1.37. The van der Waals surface area contributed by atoms with Crippen LogP contribution in [0.25, 0.3) is 5.69 Å². The van der Waals surface area contributed by atoms with Crippen LogP contribution in [-0.4, -0.2) is 57.6 Å². The van der Waals surface area contributed by atoms with E-state index in [2.05, 4.69) is 5.10 Å². The minimum atomic E-state index is 0.0351. The summed E-state index contributed by atoms with van der Waals surface area (Å²) in [5.41, 5.74) is 3.68. The maximum Gasteiger partial charge on any atom is 0.253 e. The van der Waals surface area contributed by atoms with Gasteiger partial charge in [-0.05, 0) is 57.0 Å². The van der Waals surface area contributed by atoms with Crippen LogP contribution < -0.4 is 0 Å². The molecule has 6 heteroatoms. The molecule has 28 heavy (non-hydrogen) atoms. The van der Waals surface area contributed by atoms with E-state index in [9.17, 15) is 9.59 Å². The first-order valence-electron chi connectivity index (χ1n) is 10.2. The van der Waals surface area contributed by atoms with Gasteiger partial charge in [-0.3, -0.25) is 9.59 Å². The highest BCUT2D eigenvalue weighted by molar-refractivity contribution is 5.94. The van der Waals surface area contributed by atoms with E-state index in [4.69, 9.17) is 0 Å². The predicted molar refractivity (Wildman–Crippen MR) is 107 cm³/mol. The van der Waals surface area contributed by atoms with Crippen LogP contribution >= 0.6 is 0 Å². The van der Waals surface area contributed by atoms with Crippen molar-refractivity contribution in [1.29, 1.82) is 0 Å². The molecule has 0 bridgehead atoms. The SMILES string of the molecule is Cc1cc(C)n(-c2ccc(C(=O)N3CCN(C(=O)C4CCCC4)CC3)cc2)n1. The third-order valence-electron chi connectivity index (χ3n) is 5.95. The van der Waals surface area contributed by atoms with E-state index in [1.807, 2.05) is 58.7 Å². The molecule has 6 nitrogen and oxygen atoms in total. The van der Waals surface area contributed by atoms with Gasteiger partial charge >= 0.3 is 0 Å². The highest BCUT2D eigenvalue weighted by Gasteiger charge is 2.30. The van der Waals surface area contributed by atoms with Crippen LogP contribution in [0.15, 0.2) is 30.3 Å². The van der Waals surface area contributed by atoms with Crippen LogP contribution in [0.1, 0.15) is 47.4 Å². The number of benzene rings is 1. The molecule has 2 fully saturated rings. The number of aryl methyl sites for hydroxylation is 2. The van der Waals surface area contributed by atoms with Gasteiger partial charge in [0.1, 0.15) is 0 Å². The highest BCUT2D eigenvalue weighted by Crippen LogP contribution is 2.27. The lowest BCUT2D eigenvalue weighted by Gasteiger charge is -2.36. The molecule has 1 aromatic heterocycles. The second-order valence-corrected chi connectivity index (χ2v) is 7.98. The summed E-state index contributed by atoms with van der Waals surface area (Å²) in [4.78, 5) is 29.2. The molecule has 4 rings (SSSR count). The molecule has 0 spiro atoms. The Hall–Kier alpha value is -2.63. The van der Waals surface area contributed by atoms with Crippen molar-refractivity contribution in [2.75, 3.05) is 26.2 Å². The van der Waals surface area contributed by atoms with Crippen LogP contribution in [0.4, 0.5) is 0 Å². The van der Waals surface area contributed by atoms with Gasteiger partial charge < -0.3 is 9.80 Å². The average Bonchev–Trinajstić information content (AvgIpc) is 3.37. The van der Waals surface area contributed by atoms with E-state index in [1.54, 1.807) is 0 Å². The third kappa shape index (κ3) is 3.68. The molecule has 2 aromatic rings. The lowest BCUT2D eigenvalue weighted by Crippen LogP contribution is -2.51. The fourth-order valence-electron chi connectivity index (χ4n) is 4.38. The number of nitrogens with zero attached hydrogens (tertiary/aromatic N) is 4. The van der Waals surface area contributed by atoms with Crippen molar-refractivity contribution in [2.45, 2.75) is 39.5 Å². The Labute approximate surface area is 166 Å². The molecule has 1 saturated carbocycles. The van der Waals surface area contributed by atoms with Gasteiger partial charge in [-0.2, -0.15) is 5.10 Å². The van der Waals surface area contributed by atoms with Crippen LogP contribution in [0, 0.1) is 19.8 Å². The van der Waals surface area contributed by atoms with Crippen molar-refractivity contribution in [3.63, 3.8) is 0 Å². The average molecular weight is 380 g/mol. The van der Waals surface area contributed by atoms with Crippen LogP contribution in [-0.2, 0) is 4.79 Å². The molecule has 0 unspecified atom stereocenters. The second kappa shape index (κ2) is 7.78. The number of hydrogen-bond donors (Lipinski definition) is 0. The van der Waals surface area contributed by atoms with Gasteiger partial charge in [0.25, 0.3) is 5.91 Å². The zero-order chi connectivity index (χ0) is 19.7. The number of amides is 2. The molecule has 2 heterocycles. The quantitative estimate of drug-likeness (QED) is 0.823. The van der Waals surface area contributed by atoms with Crippen molar-refractivity contribution < 1.29 is 9.59 Å².